The number of hydrogen-bond acceptors (Lipinski definition) is 2. The lowest BCUT2D eigenvalue weighted by molar-refractivity contribution is 0.246. The fourth-order valence-electron chi connectivity index (χ4n) is 4.14. The largest absolute Gasteiger partial charge is 0.418 e. The van der Waals surface area contributed by atoms with Crippen molar-refractivity contribution in [2.45, 2.75) is 31.5 Å². The van der Waals surface area contributed by atoms with E-state index in [0.717, 1.165) is 5.56 Å². The van der Waals surface area contributed by atoms with Crippen molar-refractivity contribution >= 4 is 34.7 Å². The first-order valence-corrected chi connectivity index (χ1v) is 11.8. The fraction of sp³-hybridized carbons (Fsp3) is 0.217. The van der Waals surface area contributed by atoms with Crippen molar-refractivity contribution in [3.8, 4) is 5.75 Å². The zero-order valence-electron chi connectivity index (χ0n) is 15.9. The van der Waals surface area contributed by atoms with Crippen LogP contribution in [-0.2, 0) is 0 Å². The monoisotopic (exact) mass is 440 g/mol. The maximum atomic E-state index is 11.9. The van der Waals surface area contributed by atoms with E-state index in [1.54, 1.807) is 0 Å². The molecule has 1 N–H and O–H groups in total. The predicted molar refractivity (Wildman–Crippen MR) is 119 cm³/mol. The van der Waals surface area contributed by atoms with Crippen LogP contribution in [0.3, 0.4) is 0 Å². The molecule has 0 spiro atoms. The molecule has 0 aliphatic heterocycles. The number of aliphatic hydroxyl groups excluding tert-OH is 1. The molecule has 2 nitrogen and oxygen atoms in total. The molecule has 0 radical (unpaired) electrons. The molecule has 3 rings (SSSR count). The minimum absolute atomic E-state index is 0.125. The van der Waals surface area contributed by atoms with E-state index in [-0.39, 0.29) is 5.04 Å². The van der Waals surface area contributed by atoms with Crippen LogP contribution < -0.4 is 14.2 Å². The summed E-state index contributed by atoms with van der Waals surface area (Å²) in [6, 6.07) is 28.7. The van der Waals surface area contributed by atoms with E-state index in [9.17, 15) is 5.11 Å². The third-order valence-corrected chi connectivity index (χ3v) is 11.7. The minimum Gasteiger partial charge on any atom is -0.418 e. The van der Waals surface area contributed by atoms with Crippen LogP contribution in [-0.4, -0.2) is 13.2 Å². The lowest BCUT2D eigenvalue weighted by atomic mass is 10.2. The van der Waals surface area contributed by atoms with Gasteiger partial charge in [-0.2, -0.15) is 0 Å². The van der Waals surface area contributed by atoms with Gasteiger partial charge in [-0.05, 0) is 22.7 Å². The molecule has 1 atom stereocenters. The smallest absolute Gasteiger partial charge is 0.179 e. The maximum Gasteiger partial charge on any atom is 0.179 e. The number of halogens is 1. The number of aliphatic hydroxyl groups is 1. The van der Waals surface area contributed by atoms with E-state index < -0.39 is 13.8 Å². The van der Waals surface area contributed by atoms with Gasteiger partial charge in [-0.3, -0.25) is 0 Å². The Balaban J connectivity index is 2.32. The van der Waals surface area contributed by atoms with E-state index >= 15 is 0 Å². The molecule has 4 heteroatoms. The highest BCUT2D eigenvalue weighted by molar-refractivity contribution is 9.06. The van der Waals surface area contributed by atoms with Crippen LogP contribution in [0.1, 0.15) is 32.1 Å². The third-order valence-electron chi connectivity index (χ3n) is 5.31. The second-order valence-electron chi connectivity index (χ2n) is 7.84. The van der Waals surface area contributed by atoms with Gasteiger partial charge < -0.3 is 8.93 Å². The SMILES string of the molecule is CC(C)(C)[Si](c1ccccc1)(c1ccccc1)C(O)c1cccc(OBr)c1. The zero-order valence-corrected chi connectivity index (χ0v) is 18.5. The van der Waals surface area contributed by atoms with Crippen molar-refractivity contribution in [3.63, 3.8) is 0 Å². The molecule has 27 heavy (non-hydrogen) atoms. The van der Waals surface area contributed by atoms with Gasteiger partial charge in [0.2, 0.25) is 0 Å². The van der Waals surface area contributed by atoms with Crippen molar-refractivity contribution in [1.29, 1.82) is 0 Å². The summed E-state index contributed by atoms with van der Waals surface area (Å²) in [5.41, 5.74) is 0.256. The van der Waals surface area contributed by atoms with Gasteiger partial charge in [0.05, 0.1) is 5.73 Å². The molecule has 0 heterocycles. The number of rotatable bonds is 5. The molecule has 0 saturated carbocycles. The van der Waals surface area contributed by atoms with E-state index in [4.69, 9.17) is 3.83 Å². The van der Waals surface area contributed by atoms with E-state index in [0.29, 0.717) is 5.75 Å². The van der Waals surface area contributed by atoms with Crippen LogP contribution in [0, 0.1) is 0 Å². The molecule has 0 fully saturated rings. The summed E-state index contributed by atoms with van der Waals surface area (Å²) in [4.78, 5) is 0. The average Bonchev–Trinajstić information content (AvgIpc) is 2.69. The van der Waals surface area contributed by atoms with Gasteiger partial charge in [0.15, 0.2) is 24.3 Å². The summed E-state index contributed by atoms with van der Waals surface area (Å²) in [6.07, 6.45) is 0. The predicted octanol–water partition coefficient (Wildman–Crippen LogP) is 5.01. The van der Waals surface area contributed by atoms with Crippen molar-refractivity contribution < 1.29 is 8.93 Å². The van der Waals surface area contributed by atoms with Crippen LogP contribution in [0.4, 0.5) is 0 Å². The molecular formula is C23H25BrO2Si. The summed E-state index contributed by atoms with van der Waals surface area (Å²) in [5, 5.41) is 14.2. The Morgan fingerprint density at radius 2 is 1.33 bits per heavy atom. The molecule has 0 saturated heterocycles. The van der Waals surface area contributed by atoms with Crippen molar-refractivity contribution in [1.82, 2.24) is 0 Å². The zero-order chi connectivity index (χ0) is 19.5. The molecule has 0 aromatic heterocycles. The van der Waals surface area contributed by atoms with Crippen LogP contribution in [0.15, 0.2) is 84.9 Å². The molecule has 3 aromatic rings. The Kier molecular flexibility index (Phi) is 5.89. The molecule has 140 valence electrons. The van der Waals surface area contributed by atoms with Gasteiger partial charge in [-0.1, -0.05) is 104 Å². The maximum absolute atomic E-state index is 11.9. The average molecular weight is 441 g/mol. The van der Waals surface area contributed by atoms with E-state index in [1.807, 2.05) is 36.4 Å². The normalized spacial score (nSPS) is 13.2. The molecule has 0 aliphatic carbocycles. The summed E-state index contributed by atoms with van der Waals surface area (Å²) >= 11 is 3.05. The van der Waals surface area contributed by atoms with Gasteiger partial charge in [-0.25, -0.2) is 0 Å². The van der Waals surface area contributed by atoms with Gasteiger partial charge in [0, 0.05) is 0 Å². The van der Waals surface area contributed by atoms with Gasteiger partial charge in [0.1, 0.15) is 5.75 Å². The molecule has 1 unspecified atom stereocenters. The second-order valence-corrected chi connectivity index (χ2v) is 13.0. The first kappa shape index (κ1) is 19.9. The van der Waals surface area contributed by atoms with Gasteiger partial charge in [-0.15, -0.1) is 0 Å². The Hall–Kier alpha value is -1.88. The van der Waals surface area contributed by atoms with Crippen LogP contribution in [0.25, 0.3) is 0 Å². The molecule has 3 aromatic carbocycles. The quantitative estimate of drug-likeness (QED) is 0.564. The molecule has 0 amide bonds. The van der Waals surface area contributed by atoms with Gasteiger partial charge >= 0.3 is 0 Å². The lowest BCUT2D eigenvalue weighted by Gasteiger charge is -2.47. The summed E-state index contributed by atoms with van der Waals surface area (Å²) < 4.78 is 5.23. The summed E-state index contributed by atoms with van der Waals surface area (Å²) in [6.45, 7) is 6.73. The van der Waals surface area contributed by atoms with E-state index in [1.165, 1.54) is 10.4 Å². The lowest BCUT2D eigenvalue weighted by Crippen LogP contribution is -2.68. The highest BCUT2D eigenvalue weighted by Crippen LogP contribution is 2.43. The van der Waals surface area contributed by atoms with Crippen LogP contribution in [0.5, 0.6) is 5.75 Å². The first-order valence-electron chi connectivity index (χ1n) is 9.09. The summed E-state index contributed by atoms with van der Waals surface area (Å²) in [7, 11) is -2.64. The van der Waals surface area contributed by atoms with Crippen LogP contribution in [0.2, 0.25) is 5.04 Å². The summed E-state index contributed by atoms with van der Waals surface area (Å²) in [5.74, 6) is 0.685. The van der Waals surface area contributed by atoms with Crippen molar-refractivity contribution in [3.05, 3.63) is 90.5 Å². The Labute approximate surface area is 171 Å². The number of hydrogen-bond donors (Lipinski definition) is 1. The Bertz CT molecular complexity index is 836. The Morgan fingerprint density at radius 1 is 0.815 bits per heavy atom. The second kappa shape index (κ2) is 8.01. The molecule has 0 aliphatic rings. The standard InChI is InChI=1S/C23H25BrO2Si/c1-23(2,3)27(20-13-6-4-7-14-20,21-15-8-5-9-16-21)22(25)18-11-10-12-19(17-18)26-24/h4-17,22,25H,1-3H3. The number of benzene rings is 3. The minimum atomic E-state index is -2.64. The first-order chi connectivity index (χ1) is 12.9. The highest BCUT2D eigenvalue weighted by atomic mass is 79.9. The van der Waals surface area contributed by atoms with Crippen LogP contribution >= 0.6 is 16.3 Å². The molecular weight excluding hydrogens is 416 g/mol. The third kappa shape index (κ3) is 3.62. The fourth-order valence-corrected chi connectivity index (χ4v) is 9.98. The molecule has 0 bridgehead atoms. The highest BCUT2D eigenvalue weighted by Gasteiger charge is 2.53. The van der Waals surface area contributed by atoms with Crippen molar-refractivity contribution in [2.75, 3.05) is 0 Å². The Morgan fingerprint density at radius 3 is 1.78 bits per heavy atom. The topological polar surface area (TPSA) is 29.5 Å². The van der Waals surface area contributed by atoms with Crippen molar-refractivity contribution in [2.24, 2.45) is 0 Å². The van der Waals surface area contributed by atoms with E-state index in [2.05, 4.69) is 85.6 Å². The van der Waals surface area contributed by atoms with Gasteiger partial charge in [0.25, 0.3) is 0 Å².